The van der Waals surface area contributed by atoms with Crippen molar-refractivity contribution in [3.8, 4) is 0 Å². The van der Waals surface area contributed by atoms with Crippen LogP contribution in [0.1, 0.15) is 32.1 Å². The zero-order chi connectivity index (χ0) is 12.8. The Bertz CT molecular complexity index is 335. The Hall–Kier alpha value is -1.36. The average Bonchev–Trinajstić information content (AvgIpc) is 2.73. The van der Waals surface area contributed by atoms with Crippen LogP contribution in [0, 0.1) is 10.8 Å². The minimum atomic E-state index is 0.485. The van der Waals surface area contributed by atoms with Crippen LogP contribution < -0.4 is 0 Å². The van der Waals surface area contributed by atoms with Gasteiger partial charge >= 0.3 is 0 Å². The van der Waals surface area contributed by atoms with Gasteiger partial charge in [-0.25, -0.2) is 0 Å². The standard InChI is InChI=1S/C13H21N3O2/c1-15-7-8-16(13(15)9-14-17)11-18-10-12-5-3-2-4-6-12/h7-9,12H,2-6,10-11H2,1H3/b13-9-. The van der Waals surface area contributed by atoms with Gasteiger partial charge in [0.05, 0.1) is 6.61 Å². The van der Waals surface area contributed by atoms with Crippen LogP contribution in [0.15, 0.2) is 29.6 Å². The van der Waals surface area contributed by atoms with Gasteiger partial charge in [-0.1, -0.05) is 19.3 Å². The second kappa shape index (κ2) is 6.54. The van der Waals surface area contributed by atoms with E-state index in [1.54, 1.807) is 0 Å². The second-order valence-electron chi connectivity index (χ2n) is 4.98. The molecule has 0 amide bonds. The third kappa shape index (κ3) is 3.32. The Morgan fingerprint density at radius 3 is 2.89 bits per heavy atom. The van der Waals surface area contributed by atoms with Crippen LogP contribution in [0.25, 0.3) is 0 Å². The Labute approximate surface area is 108 Å². The zero-order valence-electron chi connectivity index (χ0n) is 10.9. The van der Waals surface area contributed by atoms with E-state index in [0.717, 1.165) is 12.4 Å². The molecule has 0 atom stereocenters. The van der Waals surface area contributed by atoms with Gasteiger partial charge in [-0.2, -0.15) is 0 Å². The van der Waals surface area contributed by atoms with E-state index in [0.29, 0.717) is 12.6 Å². The van der Waals surface area contributed by atoms with Crippen molar-refractivity contribution in [2.24, 2.45) is 11.1 Å². The largest absolute Gasteiger partial charge is 0.360 e. The summed E-state index contributed by atoms with van der Waals surface area (Å²) in [7, 11) is 1.88. The zero-order valence-corrected chi connectivity index (χ0v) is 10.9. The minimum Gasteiger partial charge on any atom is -0.360 e. The molecule has 1 fully saturated rings. The van der Waals surface area contributed by atoms with Gasteiger partial charge in [0, 0.05) is 19.4 Å². The number of hydrogen-bond acceptors (Lipinski definition) is 5. The fourth-order valence-electron chi connectivity index (χ4n) is 2.53. The van der Waals surface area contributed by atoms with E-state index in [4.69, 9.17) is 4.74 Å². The Morgan fingerprint density at radius 1 is 1.39 bits per heavy atom. The van der Waals surface area contributed by atoms with Crippen molar-refractivity contribution < 1.29 is 4.74 Å². The molecule has 5 nitrogen and oxygen atoms in total. The number of nitroso groups, excluding NO2 is 1. The molecule has 1 aliphatic carbocycles. The van der Waals surface area contributed by atoms with Crippen LogP contribution in [-0.2, 0) is 4.74 Å². The molecular formula is C13H21N3O2. The topological polar surface area (TPSA) is 45.1 Å². The van der Waals surface area contributed by atoms with Gasteiger partial charge in [0.2, 0.25) is 0 Å². The predicted octanol–water partition coefficient (Wildman–Crippen LogP) is 2.82. The molecule has 100 valence electrons. The highest BCUT2D eigenvalue weighted by molar-refractivity contribution is 5.12. The summed E-state index contributed by atoms with van der Waals surface area (Å²) in [6.45, 7) is 1.30. The van der Waals surface area contributed by atoms with Crippen LogP contribution in [0.3, 0.4) is 0 Å². The van der Waals surface area contributed by atoms with E-state index >= 15 is 0 Å². The normalized spacial score (nSPS) is 23.1. The van der Waals surface area contributed by atoms with Gasteiger partial charge in [-0.05, 0) is 23.9 Å². The summed E-state index contributed by atoms with van der Waals surface area (Å²) in [6, 6.07) is 0. The molecule has 0 N–H and O–H groups in total. The first-order valence-corrected chi connectivity index (χ1v) is 6.59. The lowest BCUT2D eigenvalue weighted by atomic mass is 9.90. The molecule has 0 spiro atoms. The quantitative estimate of drug-likeness (QED) is 0.705. The maximum Gasteiger partial charge on any atom is 0.136 e. The highest BCUT2D eigenvalue weighted by Gasteiger charge is 2.18. The van der Waals surface area contributed by atoms with Gasteiger partial charge in [0.1, 0.15) is 18.8 Å². The van der Waals surface area contributed by atoms with Crippen LogP contribution >= 0.6 is 0 Å². The molecule has 2 aliphatic rings. The molecule has 1 heterocycles. The van der Waals surface area contributed by atoms with E-state index in [-0.39, 0.29) is 0 Å². The summed E-state index contributed by atoms with van der Waals surface area (Å²) in [5, 5.41) is 2.83. The van der Waals surface area contributed by atoms with E-state index in [9.17, 15) is 4.91 Å². The van der Waals surface area contributed by atoms with Gasteiger partial charge in [0.15, 0.2) is 0 Å². The minimum absolute atomic E-state index is 0.485. The van der Waals surface area contributed by atoms with Crippen molar-refractivity contribution in [2.45, 2.75) is 32.1 Å². The van der Waals surface area contributed by atoms with E-state index in [2.05, 4.69) is 5.18 Å². The van der Waals surface area contributed by atoms with E-state index in [1.807, 2.05) is 29.2 Å². The van der Waals surface area contributed by atoms with Crippen LogP contribution in [0.2, 0.25) is 0 Å². The Morgan fingerprint density at radius 2 is 2.17 bits per heavy atom. The fourth-order valence-corrected chi connectivity index (χ4v) is 2.53. The molecule has 0 saturated heterocycles. The van der Waals surface area contributed by atoms with Crippen molar-refractivity contribution in [1.29, 1.82) is 0 Å². The maximum absolute atomic E-state index is 10.3. The van der Waals surface area contributed by atoms with Crippen molar-refractivity contribution in [3.63, 3.8) is 0 Å². The third-order valence-corrected chi connectivity index (χ3v) is 3.60. The van der Waals surface area contributed by atoms with Gasteiger partial charge in [-0.15, -0.1) is 4.91 Å². The summed E-state index contributed by atoms with van der Waals surface area (Å²) in [6.07, 6.45) is 11.7. The number of rotatable bonds is 5. The first kappa shape index (κ1) is 13.1. The lowest BCUT2D eigenvalue weighted by molar-refractivity contribution is 0.0339. The fraction of sp³-hybridized carbons (Fsp3) is 0.692. The highest BCUT2D eigenvalue weighted by atomic mass is 16.5. The summed E-state index contributed by atoms with van der Waals surface area (Å²) in [5.41, 5.74) is 0. The monoisotopic (exact) mass is 251 g/mol. The number of hydrogen-bond donors (Lipinski definition) is 0. The molecular weight excluding hydrogens is 230 g/mol. The van der Waals surface area contributed by atoms with Crippen molar-refractivity contribution in [2.75, 3.05) is 20.4 Å². The molecule has 0 radical (unpaired) electrons. The first-order chi connectivity index (χ1) is 8.81. The Kier molecular flexibility index (Phi) is 4.75. The Balaban J connectivity index is 1.74. The average molecular weight is 251 g/mol. The predicted molar refractivity (Wildman–Crippen MR) is 70.0 cm³/mol. The van der Waals surface area contributed by atoms with E-state index in [1.165, 1.54) is 38.3 Å². The van der Waals surface area contributed by atoms with Crippen molar-refractivity contribution >= 4 is 0 Å². The molecule has 0 aromatic rings. The third-order valence-electron chi connectivity index (χ3n) is 3.60. The second-order valence-corrected chi connectivity index (χ2v) is 4.98. The molecule has 0 unspecified atom stereocenters. The summed E-state index contributed by atoms with van der Waals surface area (Å²) in [5.74, 6) is 1.47. The smallest absolute Gasteiger partial charge is 0.136 e. The molecule has 18 heavy (non-hydrogen) atoms. The summed E-state index contributed by atoms with van der Waals surface area (Å²) < 4.78 is 5.75. The van der Waals surface area contributed by atoms with Crippen LogP contribution in [-0.4, -0.2) is 30.2 Å². The van der Waals surface area contributed by atoms with Crippen molar-refractivity contribution in [3.05, 3.63) is 29.3 Å². The highest BCUT2D eigenvalue weighted by Crippen LogP contribution is 2.24. The summed E-state index contributed by atoms with van der Waals surface area (Å²) >= 11 is 0. The van der Waals surface area contributed by atoms with E-state index < -0.39 is 0 Å². The van der Waals surface area contributed by atoms with Gasteiger partial charge in [0.25, 0.3) is 0 Å². The molecule has 1 saturated carbocycles. The SMILES string of the molecule is CN1C=CN(COCC2CCCCC2)/C1=C\N=O. The molecule has 1 aliphatic heterocycles. The number of nitrogens with zero attached hydrogens (tertiary/aromatic N) is 3. The molecule has 0 bridgehead atoms. The van der Waals surface area contributed by atoms with Crippen molar-refractivity contribution in [1.82, 2.24) is 9.80 Å². The van der Waals surface area contributed by atoms with Crippen LogP contribution in [0.4, 0.5) is 0 Å². The molecule has 0 aromatic heterocycles. The lowest BCUT2D eigenvalue weighted by Crippen LogP contribution is -2.24. The maximum atomic E-state index is 10.3. The number of ether oxygens (including phenoxy) is 1. The van der Waals surface area contributed by atoms with Crippen LogP contribution in [0.5, 0.6) is 0 Å². The first-order valence-electron chi connectivity index (χ1n) is 6.59. The molecule has 5 heteroatoms. The van der Waals surface area contributed by atoms with Gasteiger partial charge in [-0.3, -0.25) is 0 Å². The van der Waals surface area contributed by atoms with Gasteiger partial charge < -0.3 is 14.5 Å². The molecule has 0 aromatic carbocycles. The summed E-state index contributed by atoms with van der Waals surface area (Å²) in [4.78, 5) is 14.1. The molecule has 2 rings (SSSR count). The lowest BCUT2D eigenvalue weighted by Gasteiger charge is -2.24.